The summed E-state index contributed by atoms with van der Waals surface area (Å²) in [5, 5.41) is 12.3. The zero-order valence-electron chi connectivity index (χ0n) is 19.2. The Balaban J connectivity index is 1.75. The standard InChI is InChI=1S/C29H30BNO2/c1-3-24(25-13-6-4-7-14-25)12-10-11-17-27(26-15-8-5-9-16-26)22-23(2)31-28-18-20-29(21-19-28)33-30-32/h3-10,12-22,30-32H,11H2,1-2H3/b12-10-,23-22-,24-3+,27-17+. The lowest BCUT2D eigenvalue weighted by molar-refractivity contribution is 0.454. The fraction of sp³-hybridized carbons (Fsp3) is 0.103. The van der Waals surface area contributed by atoms with Crippen molar-refractivity contribution in [3.63, 3.8) is 0 Å². The Morgan fingerprint density at radius 3 is 2.06 bits per heavy atom. The molecule has 0 aliphatic carbocycles. The number of allylic oxidation sites excluding steroid dienone is 8. The number of nitrogens with one attached hydrogen (secondary N) is 1. The molecule has 3 nitrogen and oxygen atoms in total. The van der Waals surface area contributed by atoms with Gasteiger partial charge in [-0.2, -0.15) is 0 Å². The molecule has 0 amide bonds. The first-order valence-corrected chi connectivity index (χ1v) is 11.1. The molecule has 0 aromatic heterocycles. The molecule has 3 rings (SSSR count). The molecular formula is C29H30BNO2. The lowest BCUT2D eigenvalue weighted by Gasteiger charge is -2.10. The predicted molar refractivity (Wildman–Crippen MR) is 142 cm³/mol. The molecule has 0 spiro atoms. The van der Waals surface area contributed by atoms with Gasteiger partial charge < -0.3 is 15.0 Å². The first-order chi connectivity index (χ1) is 16.2. The van der Waals surface area contributed by atoms with E-state index in [0.29, 0.717) is 5.75 Å². The maximum atomic E-state index is 8.87. The molecule has 33 heavy (non-hydrogen) atoms. The molecule has 166 valence electrons. The highest BCUT2D eigenvalue weighted by molar-refractivity contribution is 6.17. The molecule has 0 aliphatic heterocycles. The fourth-order valence-electron chi connectivity index (χ4n) is 3.48. The summed E-state index contributed by atoms with van der Waals surface area (Å²) in [5.74, 6) is 0.636. The summed E-state index contributed by atoms with van der Waals surface area (Å²) < 4.78 is 5.09. The maximum Gasteiger partial charge on any atom is 0.504 e. The molecule has 3 aromatic carbocycles. The summed E-state index contributed by atoms with van der Waals surface area (Å²) in [5.41, 5.74) is 6.76. The van der Waals surface area contributed by atoms with Crippen LogP contribution in [0.25, 0.3) is 11.1 Å². The molecule has 0 unspecified atom stereocenters. The lowest BCUT2D eigenvalue weighted by atomic mass is 10.0. The molecule has 0 saturated heterocycles. The second-order valence-electron chi connectivity index (χ2n) is 7.52. The molecule has 0 saturated carbocycles. The summed E-state index contributed by atoms with van der Waals surface area (Å²) in [7, 11) is -0.327. The SMILES string of the molecule is C/C=C(\C=C/C/C=C(\C=C(\C)Nc1ccc(OBO)cc1)c1ccccc1)c1ccccc1. The van der Waals surface area contributed by atoms with E-state index < -0.39 is 0 Å². The van der Waals surface area contributed by atoms with Gasteiger partial charge in [0.2, 0.25) is 0 Å². The second-order valence-corrected chi connectivity index (χ2v) is 7.52. The summed E-state index contributed by atoms with van der Waals surface area (Å²) in [6.07, 6.45) is 11.7. The van der Waals surface area contributed by atoms with Gasteiger partial charge >= 0.3 is 7.69 Å². The van der Waals surface area contributed by atoms with Crippen LogP contribution in [-0.4, -0.2) is 12.7 Å². The summed E-state index contributed by atoms with van der Waals surface area (Å²) >= 11 is 0. The van der Waals surface area contributed by atoms with Gasteiger partial charge in [0, 0.05) is 11.4 Å². The molecule has 3 aromatic rings. The number of anilines is 1. The molecule has 0 bridgehead atoms. The van der Waals surface area contributed by atoms with E-state index in [1.54, 1.807) is 0 Å². The zero-order chi connectivity index (χ0) is 23.3. The van der Waals surface area contributed by atoms with Gasteiger partial charge in [-0.15, -0.1) is 0 Å². The lowest BCUT2D eigenvalue weighted by Crippen LogP contribution is -2.00. The number of rotatable bonds is 10. The quantitative estimate of drug-likeness (QED) is 0.273. The third-order valence-electron chi connectivity index (χ3n) is 5.10. The van der Waals surface area contributed by atoms with Crippen molar-refractivity contribution in [2.75, 3.05) is 5.32 Å². The second kappa shape index (κ2) is 12.9. The topological polar surface area (TPSA) is 41.5 Å². The number of benzene rings is 3. The van der Waals surface area contributed by atoms with E-state index in [4.69, 9.17) is 9.68 Å². The molecule has 0 heterocycles. The predicted octanol–water partition coefficient (Wildman–Crippen LogP) is 6.77. The van der Waals surface area contributed by atoms with Gasteiger partial charge in [-0.1, -0.05) is 85.0 Å². The van der Waals surface area contributed by atoms with Gasteiger partial charge in [0.15, 0.2) is 0 Å². The van der Waals surface area contributed by atoms with Crippen LogP contribution in [0.15, 0.2) is 121 Å². The van der Waals surface area contributed by atoms with Gasteiger partial charge in [-0.05, 0) is 72.9 Å². The smallest absolute Gasteiger partial charge is 0.504 e. The Kier molecular flexibility index (Phi) is 9.37. The van der Waals surface area contributed by atoms with E-state index in [1.807, 2.05) is 36.4 Å². The molecule has 0 fully saturated rings. The van der Waals surface area contributed by atoms with E-state index in [1.165, 1.54) is 16.7 Å². The minimum atomic E-state index is -0.327. The average molecular weight is 435 g/mol. The van der Waals surface area contributed by atoms with Crippen molar-refractivity contribution in [2.45, 2.75) is 20.3 Å². The van der Waals surface area contributed by atoms with Crippen molar-refractivity contribution in [3.05, 3.63) is 132 Å². The largest absolute Gasteiger partial charge is 0.539 e. The highest BCUT2D eigenvalue weighted by Gasteiger charge is 2.01. The van der Waals surface area contributed by atoms with Crippen LogP contribution in [0, 0.1) is 0 Å². The Hall–Kier alpha value is -3.76. The Morgan fingerprint density at radius 1 is 0.879 bits per heavy atom. The molecule has 2 N–H and O–H groups in total. The first kappa shape index (κ1) is 23.9. The van der Waals surface area contributed by atoms with Crippen LogP contribution in [-0.2, 0) is 0 Å². The van der Waals surface area contributed by atoms with E-state index in [-0.39, 0.29) is 7.69 Å². The summed E-state index contributed by atoms with van der Waals surface area (Å²) in [6, 6.07) is 28.3. The van der Waals surface area contributed by atoms with E-state index in [0.717, 1.165) is 23.4 Å². The molecule has 0 radical (unpaired) electrons. The number of hydrogen-bond acceptors (Lipinski definition) is 3. The van der Waals surface area contributed by atoms with Gasteiger partial charge in [0.1, 0.15) is 5.75 Å². The maximum absolute atomic E-state index is 8.87. The molecule has 0 atom stereocenters. The molecular weight excluding hydrogens is 405 g/mol. The van der Waals surface area contributed by atoms with Crippen LogP contribution in [0.5, 0.6) is 5.75 Å². The highest BCUT2D eigenvalue weighted by Crippen LogP contribution is 2.22. The van der Waals surface area contributed by atoms with Crippen molar-refractivity contribution in [2.24, 2.45) is 0 Å². The average Bonchev–Trinajstić information content (AvgIpc) is 2.86. The van der Waals surface area contributed by atoms with Crippen molar-refractivity contribution >= 4 is 24.5 Å². The fourth-order valence-corrected chi connectivity index (χ4v) is 3.48. The Labute approximate surface area is 197 Å². The third-order valence-corrected chi connectivity index (χ3v) is 5.10. The van der Waals surface area contributed by atoms with Crippen LogP contribution in [0.2, 0.25) is 0 Å². The third kappa shape index (κ3) is 7.71. The van der Waals surface area contributed by atoms with Crippen molar-refractivity contribution in [1.82, 2.24) is 0 Å². The van der Waals surface area contributed by atoms with Crippen molar-refractivity contribution in [3.8, 4) is 5.75 Å². The zero-order valence-corrected chi connectivity index (χ0v) is 19.2. The minimum Gasteiger partial charge on any atom is -0.539 e. The van der Waals surface area contributed by atoms with E-state index in [2.05, 4.69) is 98.1 Å². The van der Waals surface area contributed by atoms with Crippen LogP contribution in [0.3, 0.4) is 0 Å². The molecule has 0 aliphatic rings. The number of hydrogen-bond donors (Lipinski definition) is 2. The summed E-state index contributed by atoms with van der Waals surface area (Å²) in [6.45, 7) is 4.12. The normalized spacial score (nSPS) is 12.6. The van der Waals surface area contributed by atoms with Gasteiger partial charge in [-0.3, -0.25) is 0 Å². The Bertz CT molecular complexity index is 1120. The van der Waals surface area contributed by atoms with Gasteiger partial charge in [0.05, 0.1) is 0 Å². The Morgan fingerprint density at radius 2 is 1.48 bits per heavy atom. The van der Waals surface area contributed by atoms with E-state index in [9.17, 15) is 0 Å². The minimum absolute atomic E-state index is 0.327. The van der Waals surface area contributed by atoms with Crippen molar-refractivity contribution in [1.29, 1.82) is 0 Å². The van der Waals surface area contributed by atoms with Crippen LogP contribution >= 0.6 is 0 Å². The van der Waals surface area contributed by atoms with Crippen LogP contribution < -0.4 is 9.97 Å². The monoisotopic (exact) mass is 435 g/mol. The van der Waals surface area contributed by atoms with Crippen molar-refractivity contribution < 1.29 is 9.68 Å². The first-order valence-electron chi connectivity index (χ1n) is 11.1. The van der Waals surface area contributed by atoms with Crippen LogP contribution in [0.4, 0.5) is 5.69 Å². The van der Waals surface area contributed by atoms with Gasteiger partial charge in [-0.25, -0.2) is 0 Å². The molecule has 4 heteroatoms. The van der Waals surface area contributed by atoms with E-state index >= 15 is 0 Å². The van der Waals surface area contributed by atoms with Gasteiger partial charge in [0.25, 0.3) is 0 Å². The highest BCUT2D eigenvalue weighted by atomic mass is 16.5. The summed E-state index contributed by atoms with van der Waals surface area (Å²) in [4.78, 5) is 0. The van der Waals surface area contributed by atoms with Crippen LogP contribution in [0.1, 0.15) is 31.4 Å².